The first-order valence-electron chi connectivity index (χ1n) is 3.23. The molecule has 0 fully saturated rings. The summed E-state index contributed by atoms with van der Waals surface area (Å²) in [5.74, 6) is 0. The molecule has 0 heterocycles. The van der Waals surface area contributed by atoms with Crippen molar-refractivity contribution < 1.29 is 0 Å². The van der Waals surface area contributed by atoms with Gasteiger partial charge in [0.05, 0.1) is 0 Å². The van der Waals surface area contributed by atoms with Gasteiger partial charge in [-0.25, -0.2) is 0 Å². The molecule has 1 aromatic carbocycles. The molecule has 11 heavy (non-hydrogen) atoms. The molecule has 0 atom stereocenters. The predicted octanol–water partition coefficient (Wildman–Crippen LogP) is 2.16. The van der Waals surface area contributed by atoms with Crippen LogP contribution in [0, 0.1) is 5.41 Å². The highest BCUT2D eigenvalue weighted by atomic mass is 79.9. The van der Waals surface area contributed by atoms with Crippen LogP contribution in [0.4, 0.5) is 5.69 Å². The molecular weight excluding hydrogens is 204 g/mol. The van der Waals surface area contributed by atoms with Gasteiger partial charge < -0.3 is 11.1 Å². The van der Waals surface area contributed by atoms with Crippen LogP contribution in [0.2, 0.25) is 0 Å². The van der Waals surface area contributed by atoms with E-state index in [0.717, 1.165) is 16.5 Å². The lowest BCUT2D eigenvalue weighted by Gasteiger charge is -2.03. The van der Waals surface area contributed by atoms with Gasteiger partial charge in [-0.15, -0.1) is 0 Å². The van der Waals surface area contributed by atoms with E-state index in [-0.39, 0.29) is 0 Å². The number of anilines is 1. The number of nitrogen functional groups attached to an aromatic ring is 1. The Bertz CT molecular complexity index is 271. The van der Waals surface area contributed by atoms with Gasteiger partial charge >= 0.3 is 0 Å². The second-order valence-corrected chi connectivity index (χ2v) is 2.76. The smallest absolute Gasteiger partial charge is 0.0406 e. The molecule has 0 amide bonds. The molecule has 0 saturated heterocycles. The predicted molar refractivity (Wildman–Crippen MR) is 51.4 cm³/mol. The van der Waals surface area contributed by atoms with Crippen molar-refractivity contribution in [2.24, 2.45) is 0 Å². The van der Waals surface area contributed by atoms with Crippen LogP contribution in [-0.2, 0) is 5.33 Å². The molecule has 0 unspecified atom stereocenters. The maximum absolute atomic E-state index is 7.10. The normalized spacial score (nSPS) is 9.55. The minimum absolute atomic E-state index is 0.664. The van der Waals surface area contributed by atoms with E-state index >= 15 is 0 Å². The Kier molecular flexibility index (Phi) is 2.65. The molecule has 0 aliphatic carbocycles. The van der Waals surface area contributed by atoms with Crippen LogP contribution in [0.25, 0.3) is 0 Å². The van der Waals surface area contributed by atoms with Crippen LogP contribution in [0.3, 0.4) is 0 Å². The number of hydrogen-bond donors (Lipinski definition) is 2. The van der Waals surface area contributed by atoms with E-state index in [2.05, 4.69) is 15.9 Å². The lowest BCUT2D eigenvalue weighted by atomic mass is 10.1. The third kappa shape index (κ3) is 1.60. The van der Waals surface area contributed by atoms with Crippen molar-refractivity contribution in [3.63, 3.8) is 0 Å². The van der Waals surface area contributed by atoms with Crippen molar-refractivity contribution >= 4 is 27.8 Å². The van der Waals surface area contributed by atoms with Crippen molar-refractivity contribution in [2.75, 3.05) is 5.73 Å². The molecule has 0 spiro atoms. The maximum Gasteiger partial charge on any atom is 0.0406 e. The first-order chi connectivity index (χ1) is 5.29. The van der Waals surface area contributed by atoms with Gasteiger partial charge in [0.1, 0.15) is 0 Å². The summed E-state index contributed by atoms with van der Waals surface area (Å²) < 4.78 is 0. The minimum Gasteiger partial charge on any atom is -0.398 e. The van der Waals surface area contributed by atoms with Gasteiger partial charge in [0, 0.05) is 22.8 Å². The molecule has 0 radical (unpaired) electrons. The molecule has 0 aliphatic heterocycles. The monoisotopic (exact) mass is 212 g/mol. The molecule has 1 rings (SSSR count). The SMILES string of the molecule is N=Cc1c(N)cccc1CBr. The lowest BCUT2D eigenvalue weighted by molar-refractivity contribution is 1.40. The zero-order valence-corrected chi connectivity index (χ0v) is 7.56. The van der Waals surface area contributed by atoms with E-state index in [0.29, 0.717) is 5.69 Å². The summed E-state index contributed by atoms with van der Waals surface area (Å²) in [7, 11) is 0. The standard InChI is InChI=1S/C8H9BrN2/c9-4-6-2-1-3-8(11)7(6)5-10/h1-3,5,10H,4,11H2. The van der Waals surface area contributed by atoms with Crippen LogP contribution in [-0.4, -0.2) is 6.21 Å². The maximum atomic E-state index is 7.10. The average Bonchev–Trinajstić information content (AvgIpc) is 2.04. The van der Waals surface area contributed by atoms with Crippen LogP contribution < -0.4 is 5.73 Å². The van der Waals surface area contributed by atoms with E-state index in [1.54, 1.807) is 6.07 Å². The van der Waals surface area contributed by atoms with Crippen molar-refractivity contribution in [3.05, 3.63) is 29.3 Å². The summed E-state index contributed by atoms with van der Waals surface area (Å²) in [5.41, 5.74) is 8.16. The third-order valence-corrected chi connectivity index (χ3v) is 2.12. The summed E-state index contributed by atoms with van der Waals surface area (Å²) in [6, 6.07) is 5.64. The Labute approximate surface area is 74.1 Å². The Morgan fingerprint density at radius 3 is 2.73 bits per heavy atom. The molecule has 58 valence electrons. The number of alkyl halides is 1. The van der Waals surface area contributed by atoms with Gasteiger partial charge in [0.2, 0.25) is 0 Å². The molecule has 2 nitrogen and oxygen atoms in total. The highest BCUT2D eigenvalue weighted by molar-refractivity contribution is 9.08. The number of benzene rings is 1. The fourth-order valence-electron chi connectivity index (χ4n) is 0.925. The largest absolute Gasteiger partial charge is 0.398 e. The Morgan fingerprint density at radius 2 is 2.27 bits per heavy atom. The summed E-state index contributed by atoms with van der Waals surface area (Å²) >= 11 is 3.32. The van der Waals surface area contributed by atoms with Crippen LogP contribution in [0.5, 0.6) is 0 Å². The van der Waals surface area contributed by atoms with E-state index in [1.165, 1.54) is 6.21 Å². The molecule has 0 saturated carbocycles. The second-order valence-electron chi connectivity index (χ2n) is 2.20. The van der Waals surface area contributed by atoms with Crippen molar-refractivity contribution in [1.29, 1.82) is 5.41 Å². The topological polar surface area (TPSA) is 49.9 Å². The van der Waals surface area contributed by atoms with Gasteiger partial charge in [-0.05, 0) is 11.6 Å². The number of halogens is 1. The summed E-state index contributed by atoms with van der Waals surface area (Å²) in [6.07, 6.45) is 1.28. The fraction of sp³-hybridized carbons (Fsp3) is 0.125. The minimum atomic E-state index is 0.664. The van der Waals surface area contributed by atoms with Gasteiger partial charge in [-0.2, -0.15) is 0 Å². The Balaban J connectivity index is 3.24. The molecule has 3 N–H and O–H groups in total. The number of rotatable bonds is 2. The van der Waals surface area contributed by atoms with E-state index < -0.39 is 0 Å². The summed E-state index contributed by atoms with van der Waals surface area (Å²) in [4.78, 5) is 0. The van der Waals surface area contributed by atoms with Crippen LogP contribution >= 0.6 is 15.9 Å². The van der Waals surface area contributed by atoms with Gasteiger partial charge in [-0.1, -0.05) is 28.1 Å². The van der Waals surface area contributed by atoms with Crippen molar-refractivity contribution in [2.45, 2.75) is 5.33 Å². The van der Waals surface area contributed by atoms with E-state index in [9.17, 15) is 0 Å². The highest BCUT2D eigenvalue weighted by Crippen LogP contribution is 2.16. The molecule has 0 bridgehead atoms. The zero-order chi connectivity index (χ0) is 8.27. The van der Waals surface area contributed by atoms with Crippen molar-refractivity contribution in [1.82, 2.24) is 0 Å². The highest BCUT2D eigenvalue weighted by Gasteiger charge is 2.00. The zero-order valence-electron chi connectivity index (χ0n) is 5.97. The van der Waals surface area contributed by atoms with Gasteiger partial charge in [0.25, 0.3) is 0 Å². The third-order valence-electron chi connectivity index (χ3n) is 1.52. The lowest BCUT2D eigenvalue weighted by Crippen LogP contribution is -1.96. The van der Waals surface area contributed by atoms with Gasteiger partial charge in [0.15, 0.2) is 0 Å². The number of nitrogens with one attached hydrogen (secondary N) is 1. The van der Waals surface area contributed by atoms with Crippen LogP contribution in [0.15, 0.2) is 18.2 Å². The Hall–Kier alpha value is -0.830. The Morgan fingerprint density at radius 1 is 1.55 bits per heavy atom. The quantitative estimate of drug-likeness (QED) is 0.441. The second kappa shape index (κ2) is 3.53. The van der Waals surface area contributed by atoms with Crippen molar-refractivity contribution in [3.8, 4) is 0 Å². The molecular formula is C8H9BrN2. The van der Waals surface area contributed by atoms with E-state index in [1.807, 2.05) is 12.1 Å². The first kappa shape index (κ1) is 8.27. The summed E-state index contributed by atoms with van der Waals surface area (Å²) in [6.45, 7) is 0. The molecule has 1 aromatic rings. The number of nitrogens with two attached hydrogens (primary N) is 1. The van der Waals surface area contributed by atoms with Crippen LogP contribution in [0.1, 0.15) is 11.1 Å². The number of hydrogen-bond acceptors (Lipinski definition) is 2. The van der Waals surface area contributed by atoms with Gasteiger partial charge in [-0.3, -0.25) is 0 Å². The molecule has 3 heteroatoms. The molecule has 0 aromatic heterocycles. The van der Waals surface area contributed by atoms with E-state index in [4.69, 9.17) is 11.1 Å². The fourth-order valence-corrected chi connectivity index (χ4v) is 1.41. The molecule has 0 aliphatic rings. The summed E-state index contributed by atoms with van der Waals surface area (Å²) in [5, 5.41) is 7.84. The first-order valence-corrected chi connectivity index (χ1v) is 4.35. The average molecular weight is 213 g/mol.